The summed E-state index contributed by atoms with van der Waals surface area (Å²) in [6.07, 6.45) is 1.99. The number of phenolic OH excluding ortho intramolecular Hbond substituents is 1. The van der Waals surface area contributed by atoms with E-state index in [0.29, 0.717) is 38.2 Å². The summed E-state index contributed by atoms with van der Waals surface area (Å²) in [4.78, 5) is 28.8. The van der Waals surface area contributed by atoms with E-state index in [1.54, 1.807) is 23.1 Å². The van der Waals surface area contributed by atoms with Crippen molar-refractivity contribution in [3.63, 3.8) is 0 Å². The summed E-state index contributed by atoms with van der Waals surface area (Å²) in [6, 6.07) is 14.7. The smallest absolute Gasteiger partial charge is 0.254 e. The lowest BCUT2D eigenvalue weighted by Crippen LogP contribution is -2.37. The normalized spacial score (nSPS) is 14.7. The molecule has 5 heteroatoms. The molecule has 1 aliphatic rings. The molecule has 0 aromatic heterocycles. The second-order valence-corrected chi connectivity index (χ2v) is 7.06. The van der Waals surface area contributed by atoms with Gasteiger partial charge in [-0.25, -0.2) is 0 Å². The first-order valence-corrected chi connectivity index (χ1v) is 9.44. The Labute approximate surface area is 160 Å². The molecule has 27 heavy (non-hydrogen) atoms. The Bertz CT molecular complexity index is 801. The molecule has 0 atom stereocenters. The lowest BCUT2D eigenvalue weighted by atomic mass is 10.1. The molecule has 3 rings (SSSR count). The van der Waals surface area contributed by atoms with Crippen molar-refractivity contribution in [2.75, 3.05) is 26.2 Å². The van der Waals surface area contributed by atoms with Crippen molar-refractivity contribution >= 4 is 11.8 Å². The van der Waals surface area contributed by atoms with Crippen molar-refractivity contribution in [3.8, 4) is 5.75 Å². The standard InChI is InChI=1S/C22H26N2O3/c1-17-6-8-18(9-7-17)10-11-21(26)23-12-3-13-24(15-14-23)22(27)19-4-2-5-20(25)16-19/h2,4-9,16,25H,3,10-15H2,1H3. The zero-order valence-electron chi connectivity index (χ0n) is 15.7. The van der Waals surface area contributed by atoms with Crippen LogP contribution >= 0.6 is 0 Å². The molecule has 5 nitrogen and oxygen atoms in total. The molecule has 1 saturated heterocycles. The van der Waals surface area contributed by atoms with Crippen LogP contribution in [0.25, 0.3) is 0 Å². The molecule has 1 N–H and O–H groups in total. The van der Waals surface area contributed by atoms with Crippen LogP contribution < -0.4 is 0 Å². The molecule has 0 unspecified atom stereocenters. The van der Waals surface area contributed by atoms with E-state index in [9.17, 15) is 14.7 Å². The maximum absolute atomic E-state index is 12.6. The van der Waals surface area contributed by atoms with Crippen molar-refractivity contribution in [3.05, 3.63) is 65.2 Å². The van der Waals surface area contributed by atoms with Crippen LogP contribution in [0.5, 0.6) is 5.75 Å². The number of hydrogen-bond acceptors (Lipinski definition) is 3. The number of carbonyl (C=O) groups excluding carboxylic acids is 2. The first-order chi connectivity index (χ1) is 13.0. The van der Waals surface area contributed by atoms with Crippen molar-refractivity contribution in [2.24, 2.45) is 0 Å². The number of carbonyl (C=O) groups is 2. The van der Waals surface area contributed by atoms with Gasteiger partial charge in [-0.2, -0.15) is 0 Å². The SMILES string of the molecule is Cc1ccc(CCC(=O)N2CCCN(C(=O)c3cccc(O)c3)CC2)cc1. The van der Waals surface area contributed by atoms with Gasteiger partial charge in [0.05, 0.1) is 0 Å². The highest BCUT2D eigenvalue weighted by molar-refractivity contribution is 5.94. The summed E-state index contributed by atoms with van der Waals surface area (Å²) in [5.74, 6) is 0.130. The van der Waals surface area contributed by atoms with Crippen molar-refractivity contribution in [1.29, 1.82) is 0 Å². The van der Waals surface area contributed by atoms with Gasteiger partial charge in [0.15, 0.2) is 0 Å². The predicted octanol–water partition coefficient (Wildman–Crippen LogP) is 3.01. The van der Waals surface area contributed by atoms with Gasteiger partial charge in [-0.15, -0.1) is 0 Å². The van der Waals surface area contributed by atoms with Gasteiger partial charge in [0.1, 0.15) is 5.75 Å². The molecule has 1 aliphatic heterocycles. The number of rotatable bonds is 4. The summed E-state index contributed by atoms with van der Waals surface area (Å²) < 4.78 is 0. The van der Waals surface area contributed by atoms with Crippen LogP contribution in [-0.2, 0) is 11.2 Å². The van der Waals surface area contributed by atoms with E-state index < -0.39 is 0 Å². The zero-order chi connectivity index (χ0) is 19.2. The summed E-state index contributed by atoms with van der Waals surface area (Å²) in [7, 11) is 0. The highest BCUT2D eigenvalue weighted by atomic mass is 16.3. The Balaban J connectivity index is 1.53. The highest BCUT2D eigenvalue weighted by Gasteiger charge is 2.22. The quantitative estimate of drug-likeness (QED) is 0.905. The van der Waals surface area contributed by atoms with Crippen molar-refractivity contribution in [1.82, 2.24) is 9.80 Å². The third-order valence-electron chi connectivity index (χ3n) is 4.98. The Hall–Kier alpha value is -2.82. The Morgan fingerprint density at radius 2 is 1.67 bits per heavy atom. The van der Waals surface area contributed by atoms with Gasteiger partial charge < -0.3 is 14.9 Å². The lowest BCUT2D eigenvalue weighted by Gasteiger charge is -2.22. The molecule has 1 fully saturated rings. The predicted molar refractivity (Wildman–Crippen MR) is 105 cm³/mol. The third-order valence-corrected chi connectivity index (χ3v) is 4.98. The Kier molecular flexibility index (Phi) is 6.12. The maximum Gasteiger partial charge on any atom is 0.254 e. The number of benzene rings is 2. The van der Waals surface area contributed by atoms with Crippen molar-refractivity contribution in [2.45, 2.75) is 26.2 Å². The van der Waals surface area contributed by atoms with Gasteiger partial charge in [-0.3, -0.25) is 9.59 Å². The van der Waals surface area contributed by atoms with Crippen LogP contribution in [0.1, 0.15) is 34.3 Å². The molecular formula is C22H26N2O3. The maximum atomic E-state index is 12.6. The van der Waals surface area contributed by atoms with Crippen LogP contribution in [0.3, 0.4) is 0 Å². The number of nitrogens with zero attached hydrogens (tertiary/aromatic N) is 2. The van der Waals surface area contributed by atoms with Gasteiger partial charge in [0.2, 0.25) is 5.91 Å². The van der Waals surface area contributed by atoms with E-state index in [1.165, 1.54) is 17.2 Å². The van der Waals surface area contributed by atoms with Crippen LogP contribution in [0.2, 0.25) is 0 Å². The second-order valence-electron chi connectivity index (χ2n) is 7.06. The third kappa shape index (κ3) is 5.09. The number of phenols is 1. The topological polar surface area (TPSA) is 60.9 Å². The molecule has 0 spiro atoms. The van der Waals surface area contributed by atoms with E-state index in [1.807, 2.05) is 4.90 Å². The molecule has 2 amide bonds. The van der Waals surface area contributed by atoms with Gasteiger partial charge in [0, 0.05) is 38.2 Å². The molecule has 2 aromatic rings. The molecular weight excluding hydrogens is 340 g/mol. The van der Waals surface area contributed by atoms with Crippen LogP contribution in [0.4, 0.5) is 0 Å². The summed E-state index contributed by atoms with van der Waals surface area (Å²) >= 11 is 0. The summed E-state index contributed by atoms with van der Waals surface area (Å²) in [5.41, 5.74) is 2.87. The molecule has 2 aromatic carbocycles. The fourth-order valence-electron chi connectivity index (χ4n) is 3.36. The largest absolute Gasteiger partial charge is 0.508 e. The average molecular weight is 366 g/mol. The second kappa shape index (κ2) is 8.71. The van der Waals surface area contributed by atoms with E-state index >= 15 is 0 Å². The first kappa shape index (κ1) is 19.0. The van der Waals surface area contributed by atoms with E-state index in [2.05, 4.69) is 31.2 Å². The molecule has 0 radical (unpaired) electrons. The zero-order valence-corrected chi connectivity index (χ0v) is 15.7. The lowest BCUT2D eigenvalue weighted by molar-refractivity contribution is -0.131. The number of hydrogen-bond donors (Lipinski definition) is 1. The Morgan fingerprint density at radius 1 is 0.963 bits per heavy atom. The van der Waals surface area contributed by atoms with Gasteiger partial charge >= 0.3 is 0 Å². The van der Waals surface area contributed by atoms with Gasteiger partial charge in [-0.1, -0.05) is 35.9 Å². The molecule has 0 saturated carbocycles. The van der Waals surface area contributed by atoms with Gasteiger partial charge in [0.25, 0.3) is 5.91 Å². The van der Waals surface area contributed by atoms with Crippen molar-refractivity contribution < 1.29 is 14.7 Å². The minimum atomic E-state index is -0.0974. The van der Waals surface area contributed by atoms with E-state index in [-0.39, 0.29) is 17.6 Å². The molecule has 0 bridgehead atoms. The fraction of sp³-hybridized carbons (Fsp3) is 0.364. The minimum absolute atomic E-state index is 0.0866. The van der Waals surface area contributed by atoms with E-state index in [0.717, 1.165) is 12.8 Å². The van der Waals surface area contributed by atoms with Crippen LogP contribution in [-0.4, -0.2) is 52.9 Å². The van der Waals surface area contributed by atoms with Gasteiger partial charge in [-0.05, 0) is 43.5 Å². The number of amides is 2. The number of aromatic hydroxyl groups is 1. The highest BCUT2D eigenvalue weighted by Crippen LogP contribution is 2.15. The monoisotopic (exact) mass is 366 g/mol. The first-order valence-electron chi connectivity index (χ1n) is 9.44. The van der Waals surface area contributed by atoms with E-state index in [4.69, 9.17) is 0 Å². The fourth-order valence-corrected chi connectivity index (χ4v) is 3.36. The Morgan fingerprint density at radius 3 is 2.41 bits per heavy atom. The summed E-state index contributed by atoms with van der Waals surface area (Å²) in [6.45, 7) is 4.42. The van der Waals surface area contributed by atoms with Crippen LogP contribution in [0, 0.1) is 6.92 Å². The van der Waals surface area contributed by atoms with Crippen LogP contribution in [0.15, 0.2) is 48.5 Å². The minimum Gasteiger partial charge on any atom is -0.508 e. The average Bonchev–Trinajstić information content (AvgIpc) is 2.93. The molecule has 1 heterocycles. The molecule has 142 valence electrons. The molecule has 0 aliphatic carbocycles. The summed E-state index contributed by atoms with van der Waals surface area (Å²) in [5, 5.41) is 9.58. The number of aryl methyl sites for hydroxylation is 2.